The van der Waals surface area contributed by atoms with Crippen LogP contribution in [0.3, 0.4) is 0 Å². The van der Waals surface area contributed by atoms with Crippen LogP contribution in [0.5, 0.6) is 0 Å². The first-order chi connectivity index (χ1) is 9.56. The van der Waals surface area contributed by atoms with Gasteiger partial charge in [0.05, 0.1) is 6.42 Å². The van der Waals surface area contributed by atoms with Crippen LogP contribution in [0.4, 0.5) is 0 Å². The Morgan fingerprint density at radius 1 is 1.35 bits per heavy atom. The molecule has 0 bridgehead atoms. The summed E-state index contributed by atoms with van der Waals surface area (Å²) in [6.07, 6.45) is 0.261. The highest BCUT2D eigenvalue weighted by molar-refractivity contribution is 7.84. The molecule has 1 aliphatic heterocycles. The predicted octanol–water partition coefficient (Wildman–Crippen LogP) is 0.552. The zero-order valence-corrected chi connectivity index (χ0v) is 11.5. The molecule has 0 amide bonds. The van der Waals surface area contributed by atoms with E-state index in [2.05, 4.69) is 0 Å². The van der Waals surface area contributed by atoms with Crippen molar-refractivity contribution in [3.63, 3.8) is 0 Å². The molecule has 6 nitrogen and oxygen atoms in total. The van der Waals surface area contributed by atoms with Crippen molar-refractivity contribution in [3.05, 3.63) is 35.9 Å². The van der Waals surface area contributed by atoms with Crippen LogP contribution in [-0.4, -0.2) is 44.0 Å². The molecule has 0 saturated carbocycles. The summed E-state index contributed by atoms with van der Waals surface area (Å²) in [4.78, 5) is 27.9. The first-order valence-electron chi connectivity index (χ1n) is 6.15. The smallest absolute Gasteiger partial charge is 0.329 e. The van der Waals surface area contributed by atoms with E-state index in [4.69, 9.17) is 9.94 Å². The Morgan fingerprint density at radius 2 is 2.05 bits per heavy atom. The van der Waals surface area contributed by atoms with Crippen molar-refractivity contribution >= 4 is 22.7 Å². The van der Waals surface area contributed by atoms with Crippen molar-refractivity contribution in [2.24, 2.45) is 0 Å². The fraction of sp³-hybridized carbons (Fsp3) is 0.385. The van der Waals surface area contributed by atoms with E-state index in [1.807, 2.05) is 6.07 Å². The third kappa shape index (κ3) is 3.88. The predicted molar refractivity (Wildman–Crippen MR) is 72.0 cm³/mol. The van der Waals surface area contributed by atoms with Gasteiger partial charge in [-0.1, -0.05) is 30.3 Å². The fourth-order valence-corrected chi connectivity index (χ4v) is 3.08. The number of hydrogen-bond acceptors (Lipinski definition) is 5. The number of rotatable bonds is 4. The lowest BCUT2D eigenvalue weighted by Gasteiger charge is -2.30. The van der Waals surface area contributed by atoms with Crippen LogP contribution < -0.4 is 0 Å². The van der Waals surface area contributed by atoms with Crippen LogP contribution in [0, 0.1) is 0 Å². The van der Waals surface area contributed by atoms with E-state index in [-0.39, 0.29) is 18.7 Å². The summed E-state index contributed by atoms with van der Waals surface area (Å²) in [7, 11) is -1.19. The molecule has 1 fully saturated rings. The van der Waals surface area contributed by atoms with Gasteiger partial charge in [-0.2, -0.15) is 0 Å². The van der Waals surface area contributed by atoms with Gasteiger partial charge in [0, 0.05) is 16.6 Å². The van der Waals surface area contributed by atoms with Crippen molar-refractivity contribution in [1.82, 2.24) is 5.06 Å². The number of aliphatic carboxylic acids is 1. The average Bonchev–Trinajstić information content (AvgIpc) is 2.39. The molecule has 2 unspecified atom stereocenters. The second-order valence-corrected chi connectivity index (χ2v) is 6.00. The first-order valence-corrected chi connectivity index (χ1v) is 7.64. The number of benzene rings is 1. The number of hydrogen-bond donors (Lipinski definition) is 1. The first kappa shape index (κ1) is 14.7. The Morgan fingerprint density at radius 3 is 2.70 bits per heavy atom. The largest absolute Gasteiger partial charge is 0.480 e. The normalized spacial score (nSPS) is 23.2. The SMILES string of the molecule is O=C(Cc1ccccc1)ON1CS(=O)CCC1C(=O)O. The van der Waals surface area contributed by atoms with Crippen molar-refractivity contribution in [1.29, 1.82) is 0 Å². The Hall–Kier alpha value is -1.73. The van der Waals surface area contributed by atoms with E-state index in [1.165, 1.54) is 0 Å². The molecule has 20 heavy (non-hydrogen) atoms. The second kappa shape index (κ2) is 6.62. The van der Waals surface area contributed by atoms with Gasteiger partial charge in [0.1, 0.15) is 11.9 Å². The van der Waals surface area contributed by atoms with Gasteiger partial charge < -0.3 is 9.94 Å². The molecule has 7 heteroatoms. The Labute approximate surface area is 118 Å². The third-order valence-electron chi connectivity index (χ3n) is 2.93. The zero-order valence-electron chi connectivity index (χ0n) is 10.7. The zero-order chi connectivity index (χ0) is 14.5. The number of carboxylic acid groups (broad SMARTS) is 1. The standard InChI is InChI=1S/C13H15NO5S/c15-12(8-10-4-2-1-3-5-10)19-14-9-20(18)7-6-11(14)13(16)17/h1-5,11H,6-9H2,(H,16,17). The van der Waals surface area contributed by atoms with Crippen LogP contribution in [0.15, 0.2) is 30.3 Å². The molecule has 2 rings (SSSR count). The summed E-state index contributed by atoms with van der Waals surface area (Å²) >= 11 is 0. The minimum absolute atomic E-state index is 0.0519. The van der Waals surface area contributed by atoms with Gasteiger partial charge in [0.25, 0.3) is 0 Å². The summed E-state index contributed by atoms with van der Waals surface area (Å²) in [5.74, 6) is -1.38. The van der Waals surface area contributed by atoms with Crippen molar-refractivity contribution < 1.29 is 23.7 Å². The summed E-state index contributed by atoms with van der Waals surface area (Å²) in [5, 5.41) is 10.1. The summed E-state index contributed by atoms with van der Waals surface area (Å²) in [6, 6.07) is 8.09. The number of carbonyl (C=O) groups is 2. The minimum atomic E-state index is -1.19. The molecule has 1 aromatic rings. The molecule has 2 atom stereocenters. The van der Waals surface area contributed by atoms with Gasteiger partial charge >= 0.3 is 11.9 Å². The highest BCUT2D eigenvalue weighted by Crippen LogP contribution is 2.15. The lowest BCUT2D eigenvalue weighted by Crippen LogP contribution is -2.48. The second-order valence-electron chi connectivity index (χ2n) is 4.46. The molecular formula is C13H15NO5S. The summed E-state index contributed by atoms with van der Waals surface area (Å²) in [5.41, 5.74) is 0.780. The molecule has 0 aromatic heterocycles. The Bertz CT molecular complexity index is 519. The molecule has 0 aliphatic carbocycles. The number of hydroxylamine groups is 2. The highest BCUT2D eigenvalue weighted by atomic mass is 32.2. The highest BCUT2D eigenvalue weighted by Gasteiger charge is 2.34. The molecule has 1 aromatic carbocycles. The van der Waals surface area contributed by atoms with Crippen molar-refractivity contribution in [3.8, 4) is 0 Å². The molecule has 0 spiro atoms. The van der Waals surface area contributed by atoms with Gasteiger partial charge in [-0.25, -0.2) is 4.79 Å². The average molecular weight is 297 g/mol. The van der Waals surface area contributed by atoms with Gasteiger partial charge in [-0.3, -0.25) is 9.00 Å². The summed E-state index contributed by atoms with van der Waals surface area (Å²) in [6.45, 7) is 0. The topological polar surface area (TPSA) is 83.9 Å². The number of nitrogens with zero attached hydrogens (tertiary/aromatic N) is 1. The molecule has 1 aliphatic rings. The van der Waals surface area contributed by atoms with E-state index in [9.17, 15) is 13.8 Å². The van der Waals surface area contributed by atoms with Crippen LogP contribution in [0.1, 0.15) is 12.0 Å². The maximum absolute atomic E-state index is 11.8. The van der Waals surface area contributed by atoms with Crippen molar-refractivity contribution in [2.75, 3.05) is 11.6 Å². The van der Waals surface area contributed by atoms with Gasteiger partial charge in [0.15, 0.2) is 0 Å². The molecular weight excluding hydrogens is 282 g/mol. The van der Waals surface area contributed by atoms with Gasteiger partial charge in [-0.15, -0.1) is 5.06 Å². The molecule has 1 heterocycles. The van der Waals surface area contributed by atoms with E-state index < -0.39 is 28.8 Å². The lowest BCUT2D eigenvalue weighted by atomic mass is 10.2. The molecule has 1 N–H and O–H groups in total. The van der Waals surface area contributed by atoms with Crippen LogP contribution in [0.2, 0.25) is 0 Å². The maximum Gasteiger partial charge on any atom is 0.329 e. The van der Waals surface area contributed by atoms with E-state index in [0.717, 1.165) is 10.6 Å². The molecule has 108 valence electrons. The van der Waals surface area contributed by atoms with Crippen molar-refractivity contribution in [2.45, 2.75) is 18.9 Å². The Balaban J connectivity index is 1.97. The Kier molecular flexibility index (Phi) is 4.86. The van der Waals surface area contributed by atoms with E-state index in [0.29, 0.717) is 5.75 Å². The number of carboxylic acids is 1. The van der Waals surface area contributed by atoms with Crippen LogP contribution in [0.25, 0.3) is 0 Å². The summed E-state index contributed by atoms with van der Waals surface area (Å²) < 4.78 is 11.5. The van der Waals surface area contributed by atoms with Crippen LogP contribution >= 0.6 is 0 Å². The third-order valence-corrected chi connectivity index (χ3v) is 4.17. The van der Waals surface area contributed by atoms with Gasteiger partial charge in [0.2, 0.25) is 0 Å². The quantitative estimate of drug-likeness (QED) is 0.874. The van der Waals surface area contributed by atoms with Gasteiger partial charge in [-0.05, 0) is 12.0 Å². The monoisotopic (exact) mass is 297 g/mol. The van der Waals surface area contributed by atoms with Crippen LogP contribution in [-0.2, 0) is 31.6 Å². The fourth-order valence-electron chi connectivity index (χ4n) is 1.95. The minimum Gasteiger partial charge on any atom is -0.480 e. The molecule has 0 radical (unpaired) electrons. The lowest BCUT2D eigenvalue weighted by molar-refractivity contribution is -0.202. The van der Waals surface area contributed by atoms with E-state index in [1.54, 1.807) is 24.3 Å². The number of carbonyl (C=O) groups excluding carboxylic acids is 1. The maximum atomic E-state index is 11.8. The molecule has 1 saturated heterocycles. The van der Waals surface area contributed by atoms with E-state index >= 15 is 0 Å².